The van der Waals surface area contributed by atoms with Gasteiger partial charge in [-0.1, -0.05) is 26.0 Å². The topological polar surface area (TPSA) is 76.8 Å². The van der Waals surface area contributed by atoms with Gasteiger partial charge in [-0.25, -0.2) is 4.39 Å². The average molecular weight is 446 g/mol. The van der Waals surface area contributed by atoms with Gasteiger partial charge in [0.25, 0.3) is 0 Å². The maximum absolute atomic E-state index is 13.1. The van der Waals surface area contributed by atoms with Gasteiger partial charge in [0.05, 0.1) is 12.8 Å². The fraction of sp³-hybridized carbons (Fsp3) is 0.261. The van der Waals surface area contributed by atoms with Crippen LogP contribution < -0.4 is 4.18 Å². The molecule has 8 heteroatoms. The molecule has 0 radical (unpaired) electrons. The summed E-state index contributed by atoms with van der Waals surface area (Å²) in [5.74, 6) is 0.391. The highest BCUT2D eigenvalue weighted by Crippen LogP contribution is 2.22. The molecule has 0 unspecified atom stereocenters. The van der Waals surface area contributed by atoms with E-state index in [2.05, 4.69) is 0 Å². The molecule has 0 aliphatic rings. The minimum absolute atomic E-state index is 0.0309. The van der Waals surface area contributed by atoms with Crippen LogP contribution in [0.5, 0.6) is 5.75 Å². The van der Waals surface area contributed by atoms with Crippen molar-refractivity contribution in [3.05, 3.63) is 84.1 Å². The van der Waals surface area contributed by atoms with Crippen molar-refractivity contribution in [2.24, 2.45) is 5.92 Å². The van der Waals surface area contributed by atoms with E-state index in [0.29, 0.717) is 24.3 Å². The number of carbonyl (C=O) groups excluding carboxylic acids is 1. The van der Waals surface area contributed by atoms with Gasteiger partial charge in [0.1, 0.15) is 22.2 Å². The van der Waals surface area contributed by atoms with Crippen LogP contribution in [0, 0.1) is 11.7 Å². The maximum Gasteiger partial charge on any atom is 0.339 e. The van der Waals surface area contributed by atoms with Crippen molar-refractivity contribution in [1.29, 1.82) is 0 Å². The molecule has 6 nitrogen and oxygen atoms in total. The maximum atomic E-state index is 13.1. The first kappa shape index (κ1) is 22.6. The molecule has 0 saturated heterocycles. The van der Waals surface area contributed by atoms with Crippen molar-refractivity contribution in [3.8, 4) is 5.75 Å². The van der Waals surface area contributed by atoms with Crippen molar-refractivity contribution in [2.75, 3.05) is 0 Å². The van der Waals surface area contributed by atoms with E-state index < -0.39 is 15.9 Å². The van der Waals surface area contributed by atoms with Gasteiger partial charge in [-0.05, 0) is 60.0 Å². The summed E-state index contributed by atoms with van der Waals surface area (Å²) in [5, 5.41) is 0. The Labute approximate surface area is 181 Å². The fourth-order valence-electron chi connectivity index (χ4n) is 2.99. The Hall–Kier alpha value is -3.13. The van der Waals surface area contributed by atoms with Gasteiger partial charge in [0.2, 0.25) is 5.91 Å². The predicted octanol–water partition coefficient (Wildman–Crippen LogP) is 4.76. The van der Waals surface area contributed by atoms with Crippen molar-refractivity contribution in [3.63, 3.8) is 0 Å². The minimum atomic E-state index is -4.11. The zero-order valence-corrected chi connectivity index (χ0v) is 18.1. The van der Waals surface area contributed by atoms with E-state index in [1.54, 1.807) is 41.5 Å². The monoisotopic (exact) mass is 445 g/mol. The molecule has 0 spiro atoms. The normalized spacial score (nSPS) is 11.5. The SMILES string of the molecule is CC(C)CC(=O)N(Cc1cccc(OS(=O)(=O)c2ccc(F)cc2)c1)Cc1ccco1. The lowest BCUT2D eigenvalue weighted by Crippen LogP contribution is -2.30. The molecule has 164 valence electrons. The van der Waals surface area contributed by atoms with Crippen molar-refractivity contribution < 1.29 is 26.2 Å². The second-order valence-electron chi connectivity index (χ2n) is 7.57. The Kier molecular flexibility index (Phi) is 7.12. The molecule has 31 heavy (non-hydrogen) atoms. The quantitative estimate of drug-likeness (QED) is 0.444. The van der Waals surface area contributed by atoms with Crippen LogP contribution in [-0.2, 0) is 28.0 Å². The lowest BCUT2D eigenvalue weighted by molar-refractivity contribution is -0.133. The average Bonchev–Trinajstić information content (AvgIpc) is 3.20. The van der Waals surface area contributed by atoms with Crippen LogP contribution in [0.15, 0.2) is 76.2 Å². The number of hydrogen-bond donors (Lipinski definition) is 0. The molecule has 3 aromatic rings. The molecule has 0 saturated carbocycles. The largest absolute Gasteiger partial charge is 0.467 e. The number of amides is 1. The third-order valence-corrected chi connectivity index (χ3v) is 5.70. The molecule has 0 aliphatic heterocycles. The summed E-state index contributed by atoms with van der Waals surface area (Å²) in [5.41, 5.74) is 0.704. The molecule has 1 heterocycles. The summed E-state index contributed by atoms with van der Waals surface area (Å²) < 4.78 is 48.6. The first-order valence-electron chi connectivity index (χ1n) is 9.82. The van der Waals surface area contributed by atoms with E-state index in [-0.39, 0.29) is 29.0 Å². The second-order valence-corrected chi connectivity index (χ2v) is 9.11. The van der Waals surface area contributed by atoms with Gasteiger partial charge in [-0.15, -0.1) is 0 Å². The lowest BCUT2D eigenvalue weighted by atomic mass is 10.1. The van der Waals surface area contributed by atoms with Crippen molar-refractivity contribution in [1.82, 2.24) is 4.90 Å². The van der Waals surface area contributed by atoms with Crippen LogP contribution in [-0.4, -0.2) is 19.2 Å². The summed E-state index contributed by atoms with van der Waals surface area (Å²) in [6, 6.07) is 14.5. The smallest absolute Gasteiger partial charge is 0.339 e. The summed E-state index contributed by atoms with van der Waals surface area (Å²) >= 11 is 0. The number of carbonyl (C=O) groups is 1. The Morgan fingerprint density at radius 2 is 1.81 bits per heavy atom. The Morgan fingerprint density at radius 1 is 1.06 bits per heavy atom. The number of benzene rings is 2. The standard InChI is InChI=1S/C23H24FNO5S/c1-17(2)13-23(26)25(16-21-7-4-12-29-21)15-18-5-3-6-20(14-18)30-31(27,28)22-10-8-19(24)9-11-22/h3-12,14,17H,13,15-16H2,1-2H3. The molecule has 2 aromatic carbocycles. The van der Waals surface area contributed by atoms with Crippen LogP contribution >= 0.6 is 0 Å². The number of nitrogens with zero attached hydrogens (tertiary/aromatic N) is 1. The Bertz CT molecular complexity index is 1110. The predicted molar refractivity (Wildman–Crippen MR) is 113 cm³/mol. The first-order valence-corrected chi connectivity index (χ1v) is 11.2. The van der Waals surface area contributed by atoms with E-state index in [1.807, 2.05) is 13.8 Å². The molecule has 1 aromatic heterocycles. The first-order chi connectivity index (χ1) is 14.7. The summed E-state index contributed by atoms with van der Waals surface area (Å²) in [4.78, 5) is 14.2. The number of rotatable bonds is 9. The fourth-order valence-corrected chi connectivity index (χ4v) is 3.92. The molecule has 0 bridgehead atoms. The van der Waals surface area contributed by atoms with E-state index in [9.17, 15) is 17.6 Å². The van der Waals surface area contributed by atoms with Gasteiger partial charge < -0.3 is 13.5 Å². The number of hydrogen-bond acceptors (Lipinski definition) is 5. The molecule has 3 rings (SSSR count). The van der Waals surface area contributed by atoms with Gasteiger partial charge in [-0.3, -0.25) is 4.79 Å². The molecule has 1 amide bonds. The van der Waals surface area contributed by atoms with Crippen LogP contribution in [0.4, 0.5) is 4.39 Å². The van der Waals surface area contributed by atoms with Crippen LogP contribution in [0.2, 0.25) is 0 Å². The third-order valence-electron chi connectivity index (χ3n) is 4.44. The summed E-state index contributed by atoms with van der Waals surface area (Å²) in [7, 11) is -4.11. The highest BCUT2D eigenvalue weighted by Gasteiger charge is 2.19. The zero-order chi connectivity index (χ0) is 22.4. The van der Waals surface area contributed by atoms with Gasteiger partial charge >= 0.3 is 10.1 Å². The van der Waals surface area contributed by atoms with Gasteiger partial charge in [0, 0.05) is 13.0 Å². The van der Waals surface area contributed by atoms with Gasteiger partial charge in [-0.2, -0.15) is 8.42 Å². The van der Waals surface area contributed by atoms with Crippen LogP contribution in [0.3, 0.4) is 0 Å². The van der Waals surface area contributed by atoms with Crippen molar-refractivity contribution >= 4 is 16.0 Å². The van der Waals surface area contributed by atoms with E-state index in [4.69, 9.17) is 8.60 Å². The molecular weight excluding hydrogens is 421 g/mol. The minimum Gasteiger partial charge on any atom is -0.467 e. The number of halogens is 1. The van der Waals surface area contributed by atoms with E-state index in [1.165, 1.54) is 6.07 Å². The third kappa shape index (κ3) is 6.42. The molecule has 0 fully saturated rings. The highest BCUT2D eigenvalue weighted by molar-refractivity contribution is 7.87. The molecule has 0 atom stereocenters. The van der Waals surface area contributed by atoms with Crippen LogP contribution in [0.1, 0.15) is 31.6 Å². The van der Waals surface area contributed by atoms with Crippen molar-refractivity contribution in [2.45, 2.75) is 38.3 Å². The molecular formula is C23H24FNO5S. The van der Waals surface area contributed by atoms with Gasteiger partial charge in [0.15, 0.2) is 0 Å². The summed E-state index contributed by atoms with van der Waals surface area (Å²) in [6.45, 7) is 4.51. The van der Waals surface area contributed by atoms with E-state index in [0.717, 1.165) is 24.3 Å². The zero-order valence-electron chi connectivity index (χ0n) is 17.3. The highest BCUT2D eigenvalue weighted by atomic mass is 32.2. The van der Waals surface area contributed by atoms with Crippen LogP contribution in [0.25, 0.3) is 0 Å². The molecule has 0 aliphatic carbocycles. The molecule has 0 N–H and O–H groups in total. The second kappa shape index (κ2) is 9.78. The Balaban J connectivity index is 1.78. The van der Waals surface area contributed by atoms with E-state index >= 15 is 0 Å². The lowest BCUT2D eigenvalue weighted by Gasteiger charge is -2.23. The summed E-state index contributed by atoms with van der Waals surface area (Å²) in [6.07, 6.45) is 1.94. The Morgan fingerprint density at radius 3 is 2.45 bits per heavy atom. The number of furan rings is 1.